The molecule has 0 atom stereocenters. The molecule has 0 fully saturated rings. The van der Waals surface area contributed by atoms with E-state index >= 15 is 0 Å². The molecule has 4 heteroatoms. The van der Waals surface area contributed by atoms with Crippen LogP contribution in [0.5, 0.6) is 11.5 Å². The van der Waals surface area contributed by atoms with E-state index in [-0.39, 0.29) is 0 Å². The van der Waals surface area contributed by atoms with Gasteiger partial charge in [-0.05, 0) is 44.5 Å². The van der Waals surface area contributed by atoms with Gasteiger partial charge in [0.25, 0.3) is 0 Å². The van der Waals surface area contributed by atoms with Crippen molar-refractivity contribution in [1.82, 2.24) is 9.97 Å². The summed E-state index contributed by atoms with van der Waals surface area (Å²) in [6.45, 7) is 4.41. The van der Waals surface area contributed by atoms with Crippen LogP contribution < -0.4 is 10.5 Å². The van der Waals surface area contributed by atoms with Crippen LogP contribution in [-0.2, 0) is 6.42 Å². The molecule has 0 unspecified atom stereocenters. The Kier molecular flexibility index (Phi) is 3.89. The monoisotopic (exact) mass is 243 g/mol. The summed E-state index contributed by atoms with van der Waals surface area (Å²) in [6.07, 6.45) is 2.55. The first-order valence-electron chi connectivity index (χ1n) is 5.96. The van der Waals surface area contributed by atoms with E-state index in [0.717, 1.165) is 23.7 Å². The van der Waals surface area contributed by atoms with Crippen LogP contribution in [0.25, 0.3) is 0 Å². The molecule has 1 aromatic carbocycles. The molecule has 4 nitrogen and oxygen atoms in total. The van der Waals surface area contributed by atoms with Crippen molar-refractivity contribution < 1.29 is 4.74 Å². The molecule has 0 amide bonds. The zero-order valence-corrected chi connectivity index (χ0v) is 10.7. The normalized spacial score (nSPS) is 10.4. The first-order valence-corrected chi connectivity index (χ1v) is 5.96. The Hall–Kier alpha value is -1.94. The standard InChI is InChI=1S/C14H17N3O/c1-10-14(9-16-11(2)17-10)18-13-5-3-4-12(8-13)6-7-15/h3-5,8-9H,6-7,15H2,1-2H3. The molecule has 0 bridgehead atoms. The molecule has 0 saturated heterocycles. The van der Waals surface area contributed by atoms with Gasteiger partial charge in [0.1, 0.15) is 11.6 Å². The van der Waals surface area contributed by atoms with Gasteiger partial charge in [0, 0.05) is 0 Å². The molecule has 0 saturated carbocycles. The molecule has 2 rings (SSSR count). The highest BCUT2D eigenvalue weighted by molar-refractivity contribution is 5.34. The van der Waals surface area contributed by atoms with Gasteiger partial charge in [0.05, 0.1) is 11.9 Å². The Labute approximate surface area is 107 Å². The Morgan fingerprint density at radius 3 is 2.83 bits per heavy atom. The third-order valence-corrected chi connectivity index (χ3v) is 2.61. The van der Waals surface area contributed by atoms with E-state index in [4.69, 9.17) is 10.5 Å². The van der Waals surface area contributed by atoms with Gasteiger partial charge in [-0.25, -0.2) is 9.97 Å². The molecule has 18 heavy (non-hydrogen) atoms. The molecule has 0 radical (unpaired) electrons. The number of hydrogen-bond donors (Lipinski definition) is 1. The van der Waals surface area contributed by atoms with Crippen molar-refractivity contribution in [3.63, 3.8) is 0 Å². The average molecular weight is 243 g/mol. The van der Waals surface area contributed by atoms with Gasteiger partial charge in [-0.1, -0.05) is 12.1 Å². The van der Waals surface area contributed by atoms with Crippen molar-refractivity contribution in [3.8, 4) is 11.5 Å². The predicted molar refractivity (Wildman–Crippen MR) is 70.8 cm³/mol. The van der Waals surface area contributed by atoms with Crippen molar-refractivity contribution in [2.75, 3.05) is 6.54 Å². The number of aromatic nitrogens is 2. The second kappa shape index (κ2) is 5.60. The van der Waals surface area contributed by atoms with E-state index in [0.29, 0.717) is 12.3 Å². The van der Waals surface area contributed by atoms with E-state index in [1.54, 1.807) is 6.20 Å². The molecule has 2 aromatic rings. The minimum atomic E-state index is 0.635. The lowest BCUT2D eigenvalue weighted by atomic mass is 10.1. The van der Waals surface area contributed by atoms with E-state index in [2.05, 4.69) is 9.97 Å². The number of ether oxygens (including phenoxy) is 1. The SMILES string of the molecule is Cc1ncc(Oc2cccc(CCN)c2)c(C)n1. The third-order valence-electron chi connectivity index (χ3n) is 2.61. The molecule has 1 heterocycles. The zero-order valence-electron chi connectivity index (χ0n) is 10.7. The van der Waals surface area contributed by atoms with Gasteiger partial charge in [0.2, 0.25) is 0 Å². The number of hydrogen-bond acceptors (Lipinski definition) is 4. The van der Waals surface area contributed by atoms with Crippen LogP contribution in [0, 0.1) is 13.8 Å². The summed E-state index contributed by atoms with van der Waals surface area (Å²) < 4.78 is 5.79. The van der Waals surface area contributed by atoms with Gasteiger partial charge >= 0.3 is 0 Å². The van der Waals surface area contributed by atoms with Crippen molar-refractivity contribution in [3.05, 3.63) is 47.5 Å². The Morgan fingerprint density at radius 2 is 2.11 bits per heavy atom. The maximum absolute atomic E-state index is 5.79. The predicted octanol–water partition coefficient (Wildman–Crippen LogP) is 2.39. The third kappa shape index (κ3) is 3.05. The number of aryl methyl sites for hydroxylation is 2. The molecule has 0 aliphatic carbocycles. The van der Waals surface area contributed by atoms with Gasteiger partial charge in [-0.15, -0.1) is 0 Å². The molecule has 0 aliphatic heterocycles. The molecular weight excluding hydrogens is 226 g/mol. The highest BCUT2D eigenvalue weighted by Crippen LogP contribution is 2.23. The second-order valence-corrected chi connectivity index (χ2v) is 4.16. The maximum atomic E-state index is 5.79. The van der Waals surface area contributed by atoms with Gasteiger partial charge in [0.15, 0.2) is 5.75 Å². The Bertz CT molecular complexity index is 540. The van der Waals surface area contributed by atoms with E-state index in [1.165, 1.54) is 5.56 Å². The molecule has 1 aromatic heterocycles. The second-order valence-electron chi connectivity index (χ2n) is 4.16. The van der Waals surface area contributed by atoms with Crippen LogP contribution >= 0.6 is 0 Å². The van der Waals surface area contributed by atoms with Gasteiger partial charge < -0.3 is 10.5 Å². The molecule has 94 valence electrons. The maximum Gasteiger partial charge on any atom is 0.166 e. The summed E-state index contributed by atoms with van der Waals surface area (Å²) in [5.74, 6) is 2.22. The number of benzene rings is 1. The lowest BCUT2D eigenvalue weighted by molar-refractivity contribution is 0.471. The van der Waals surface area contributed by atoms with E-state index < -0.39 is 0 Å². The fourth-order valence-corrected chi connectivity index (χ4v) is 1.73. The van der Waals surface area contributed by atoms with E-state index in [9.17, 15) is 0 Å². The van der Waals surface area contributed by atoms with Crippen molar-refractivity contribution in [2.24, 2.45) is 5.73 Å². The Morgan fingerprint density at radius 1 is 1.28 bits per heavy atom. The lowest BCUT2D eigenvalue weighted by Gasteiger charge is -2.09. The molecule has 0 aliphatic rings. The fourth-order valence-electron chi connectivity index (χ4n) is 1.73. The summed E-state index contributed by atoms with van der Waals surface area (Å²) in [5, 5.41) is 0. The summed E-state index contributed by atoms with van der Waals surface area (Å²) in [6, 6.07) is 7.91. The summed E-state index contributed by atoms with van der Waals surface area (Å²) in [7, 11) is 0. The van der Waals surface area contributed by atoms with Crippen LogP contribution in [0.2, 0.25) is 0 Å². The van der Waals surface area contributed by atoms with Crippen LogP contribution in [0.15, 0.2) is 30.5 Å². The summed E-state index contributed by atoms with van der Waals surface area (Å²) >= 11 is 0. The summed E-state index contributed by atoms with van der Waals surface area (Å²) in [5.41, 5.74) is 7.55. The average Bonchev–Trinajstić information content (AvgIpc) is 2.34. The quantitative estimate of drug-likeness (QED) is 0.895. The molecule has 0 spiro atoms. The van der Waals surface area contributed by atoms with Crippen molar-refractivity contribution >= 4 is 0 Å². The minimum Gasteiger partial charge on any atom is -0.454 e. The zero-order chi connectivity index (χ0) is 13.0. The highest BCUT2D eigenvalue weighted by atomic mass is 16.5. The van der Waals surface area contributed by atoms with Crippen LogP contribution in [0.1, 0.15) is 17.1 Å². The largest absolute Gasteiger partial charge is 0.454 e. The van der Waals surface area contributed by atoms with Gasteiger partial charge in [-0.3, -0.25) is 0 Å². The smallest absolute Gasteiger partial charge is 0.166 e. The van der Waals surface area contributed by atoms with Crippen molar-refractivity contribution in [1.29, 1.82) is 0 Å². The fraction of sp³-hybridized carbons (Fsp3) is 0.286. The number of nitrogens with two attached hydrogens (primary N) is 1. The Balaban J connectivity index is 2.20. The topological polar surface area (TPSA) is 61.0 Å². The number of nitrogens with zero attached hydrogens (tertiary/aromatic N) is 2. The first kappa shape index (κ1) is 12.5. The first-order chi connectivity index (χ1) is 8.69. The summed E-state index contributed by atoms with van der Waals surface area (Å²) in [4.78, 5) is 8.41. The molecular formula is C14H17N3O. The highest BCUT2D eigenvalue weighted by Gasteiger charge is 2.04. The van der Waals surface area contributed by atoms with E-state index in [1.807, 2.05) is 38.1 Å². The van der Waals surface area contributed by atoms with Crippen LogP contribution in [0.4, 0.5) is 0 Å². The molecule has 2 N–H and O–H groups in total. The minimum absolute atomic E-state index is 0.635. The lowest BCUT2D eigenvalue weighted by Crippen LogP contribution is -2.02. The van der Waals surface area contributed by atoms with Crippen LogP contribution in [0.3, 0.4) is 0 Å². The van der Waals surface area contributed by atoms with Gasteiger partial charge in [-0.2, -0.15) is 0 Å². The number of rotatable bonds is 4. The van der Waals surface area contributed by atoms with Crippen molar-refractivity contribution in [2.45, 2.75) is 20.3 Å². The van der Waals surface area contributed by atoms with Crippen LogP contribution in [-0.4, -0.2) is 16.5 Å².